The molecule has 3 rings (SSSR count). The summed E-state index contributed by atoms with van der Waals surface area (Å²) in [7, 11) is 0. The Balaban J connectivity index is 1.49. The monoisotopic (exact) mass is 280 g/mol. The molecule has 2 aromatic carbocycles. The zero-order chi connectivity index (χ0) is 14.5. The van der Waals surface area contributed by atoms with Crippen LogP contribution in [0.2, 0.25) is 0 Å². The maximum absolute atomic E-state index is 10.5. The van der Waals surface area contributed by atoms with Gasteiger partial charge in [0.25, 0.3) is 0 Å². The van der Waals surface area contributed by atoms with E-state index in [1.165, 1.54) is 16.7 Å². The highest BCUT2D eigenvalue weighted by Gasteiger charge is 2.24. The highest BCUT2D eigenvalue weighted by molar-refractivity contribution is 5.29. The van der Waals surface area contributed by atoms with Crippen molar-refractivity contribution in [3.63, 3.8) is 0 Å². The fraction of sp³-hybridized carbons (Fsp3) is 0.400. The Kier molecular flexibility index (Phi) is 4.72. The maximum Gasteiger partial charge on any atom is 0.0571 e. The molecule has 1 nitrogen and oxygen atoms in total. The summed E-state index contributed by atoms with van der Waals surface area (Å²) in [6.45, 7) is 0. The lowest BCUT2D eigenvalue weighted by molar-refractivity contribution is 0.0889. The van der Waals surface area contributed by atoms with E-state index in [1.807, 2.05) is 0 Å². The smallest absolute Gasteiger partial charge is 0.0571 e. The predicted molar refractivity (Wildman–Crippen MR) is 87.3 cm³/mol. The van der Waals surface area contributed by atoms with Crippen LogP contribution in [0.5, 0.6) is 0 Å². The molecular formula is C20H24O. The van der Waals surface area contributed by atoms with E-state index in [-0.39, 0.29) is 6.10 Å². The van der Waals surface area contributed by atoms with Crippen LogP contribution in [0.1, 0.15) is 36.0 Å². The quantitative estimate of drug-likeness (QED) is 0.871. The van der Waals surface area contributed by atoms with Crippen molar-refractivity contribution in [2.75, 3.05) is 0 Å². The van der Waals surface area contributed by atoms with Gasteiger partial charge < -0.3 is 5.11 Å². The summed E-state index contributed by atoms with van der Waals surface area (Å²) >= 11 is 0. The summed E-state index contributed by atoms with van der Waals surface area (Å²) in [6.07, 6.45) is 6.21. The fourth-order valence-electron chi connectivity index (χ4n) is 3.45. The first kappa shape index (κ1) is 14.3. The number of hydrogen-bond acceptors (Lipinski definition) is 1. The van der Waals surface area contributed by atoms with E-state index in [0.717, 1.165) is 38.5 Å². The zero-order valence-corrected chi connectivity index (χ0v) is 12.5. The number of aliphatic hydroxyl groups excluding tert-OH is 1. The summed E-state index contributed by atoms with van der Waals surface area (Å²) in [5, 5.41) is 10.5. The van der Waals surface area contributed by atoms with Crippen LogP contribution in [-0.4, -0.2) is 11.2 Å². The molecular weight excluding hydrogens is 256 g/mol. The molecule has 0 spiro atoms. The Bertz CT molecular complexity index is 561. The summed E-state index contributed by atoms with van der Waals surface area (Å²) in [4.78, 5) is 0. The van der Waals surface area contributed by atoms with Crippen LogP contribution in [0.25, 0.3) is 0 Å². The van der Waals surface area contributed by atoms with Gasteiger partial charge in [0.2, 0.25) is 0 Å². The minimum absolute atomic E-state index is 0.151. The Morgan fingerprint density at radius 1 is 0.952 bits per heavy atom. The van der Waals surface area contributed by atoms with E-state index in [1.54, 1.807) is 0 Å². The van der Waals surface area contributed by atoms with Gasteiger partial charge in [-0.05, 0) is 61.1 Å². The van der Waals surface area contributed by atoms with Crippen molar-refractivity contribution in [3.05, 3.63) is 71.3 Å². The molecule has 2 aromatic rings. The van der Waals surface area contributed by atoms with Crippen LogP contribution < -0.4 is 0 Å². The van der Waals surface area contributed by atoms with Gasteiger partial charge in [-0.15, -0.1) is 0 Å². The number of rotatable bonds is 5. The normalized spacial score (nSPS) is 19.0. The lowest BCUT2D eigenvalue weighted by atomic mass is 9.80. The van der Waals surface area contributed by atoms with Crippen molar-refractivity contribution in [3.8, 4) is 0 Å². The molecule has 0 saturated carbocycles. The molecule has 2 atom stereocenters. The van der Waals surface area contributed by atoms with E-state index in [2.05, 4.69) is 54.6 Å². The van der Waals surface area contributed by atoms with Crippen molar-refractivity contribution in [2.45, 2.75) is 44.6 Å². The molecule has 2 unspecified atom stereocenters. The van der Waals surface area contributed by atoms with Crippen molar-refractivity contribution >= 4 is 0 Å². The minimum atomic E-state index is -0.151. The van der Waals surface area contributed by atoms with Crippen LogP contribution in [0.15, 0.2) is 54.6 Å². The van der Waals surface area contributed by atoms with Gasteiger partial charge in [-0.3, -0.25) is 0 Å². The van der Waals surface area contributed by atoms with Gasteiger partial charge in [-0.25, -0.2) is 0 Å². The number of aryl methyl sites for hydroxylation is 2. The third-order valence-corrected chi connectivity index (χ3v) is 4.74. The average Bonchev–Trinajstić information content (AvgIpc) is 2.55. The summed E-state index contributed by atoms with van der Waals surface area (Å²) in [5.41, 5.74) is 4.29. The molecule has 0 aliphatic heterocycles. The number of aliphatic hydroxyl groups is 1. The van der Waals surface area contributed by atoms with Crippen molar-refractivity contribution < 1.29 is 5.11 Å². The first-order valence-corrected chi connectivity index (χ1v) is 8.11. The van der Waals surface area contributed by atoms with E-state index in [0.29, 0.717) is 5.92 Å². The second kappa shape index (κ2) is 6.91. The molecule has 110 valence electrons. The molecule has 0 amide bonds. The molecule has 0 bridgehead atoms. The fourth-order valence-corrected chi connectivity index (χ4v) is 3.45. The van der Waals surface area contributed by atoms with Gasteiger partial charge in [0, 0.05) is 0 Å². The molecule has 0 fully saturated rings. The molecule has 1 aliphatic rings. The Labute approximate surface area is 127 Å². The Hall–Kier alpha value is -1.60. The molecule has 0 saturated heterocycles. The van der Waals surface area contributed by atoms with Crippen LogP contribution in [0.4, 0.5) is 0 Å². The molecule has 1 N–H and O–H groups in total. The van der Waals surface area contributed by atoms with Crippen LogP contribution in [0.3, 0.4) is 0 Å². The van der Waals surface area contributed by atoms with Gasteiger partial charge in [-0.2, -0.15) is 0 Å². The third kappa shape index (κ3) is 3.74. The number of hydrogen-bond donors (Lipinski definition) is 1. The van der Waals surface area contributed by atoms with E-state index < -0.39 is 0 Å². The standard InChI is InChI=1S/C20H24O/c21-20(12-6-9-16-7-2-1-3-8-16)19-14-13-17-10-4-5-11-18(17)15-19/h1-5,7-8,10-11,19-21H,6,9,12-15H2. The topological polar surface area (TPSA) is 20.2 Å². The average molecular weight is 280 g/mol. The van der Waals surface area contributed by atoms with Gasteiger partial charge >= 0.3 is 0 Å². The Morgan fingerprint density at radius 2 is 1.67 bits per heavy atom. The molecule has 0 radical (unpaired) electrons. The highest BCUT2D eigenvalue weighted by Crippen LogP contribution is 2.29. The lowest BCUT2D eigenvalue weighted by Gasteiger charge is -2.28. The first-order chi connectivity index (χ1) is 10.3. The maximum atomic E-state index is 10.5. The van der Waals surface area contributed by atoms with Crippen LogP contribution in [-0.2, 0) is 19.3 Å². The van der Waals surface area contributed by atoms with Gasteiger partial charge in [0.15, 0.2) is 0 Å². The summed E-state index contributed by atoms with van der Waals surface area (Å²) in [6, 6.07) is 19.3. The second-order valence-corrected chi connectivity index (χ2v) is 6.22. The largest absolute Gasteiger partial charge is 0.393 e. The molecule has 1 aliphatic carbocycles. The lowest BCUT2D eigenvalue weighted by Crippen LogP contribution is -2.26. The van der Waals surface area contributed by atoms with Gasteiger partial charge in [0.05, 0.1) is 6.10 Å². The van der Waals surface area contributed by atoms with E-state index in [4.69, 9.17) is 0 Å². The highest BCUT2D eigenvalue weighted by atomic mass is 16.3. The van der Waals surface area contributed by atoms with Crippen LogP contribution >= 0.6 is 0 Å². The van der Waals surface area contributed by atoms with Crippen molar-refractivity contribution in [1.82, 2.24) is 0 Å². The first-order valence-electron chi connectivity index (χ1n) is 8.11. The van der Waals surface area contributed by atoms with E-state index in [9.17, 15) is 5.11 Å². The van der Waals surface area contributed by atoms with Crippen molar-refractivity contribution in [1.29, 1.82) is 0 Å². The second-order valence-electron chi connectivity index (χ2n) is 6.22. The molecule has 0 aromatic heterocycles. The predicted octanol–water partition coefficient (Wildman–Crippen LogP) is 4.18. The van der Waals surface area contributed by atoms with E-state index >= 15 is 0 Å². The van der Waals surface area contributed by atoms with Gasteiger partial charge in [0.1, 0.15) is 0 Å². The zero-order valence-electron chi connectivity index (χ0n) is 12.5. The SMILES string of the molecule is OC(CCCc1ccccc1)C1CCc2ccccc2C1. The molecule has 21 heavy (non-hydrogen) atoms. The third-order valence-electron chi connectivity index (χ3n) is 4.74. The van der Waals surface area contributed by atoms with Crippen LogP contribution in [0, 0.1) is 5.92 Å². The van der Waals surface area contributed by atoms with Gasteiger partial charge in [-0.1, -0.05) is 54.6 Å². The number of fused-ring (bicyclic) bond motifs is 1. The minimum Gasteiger partial charge on any atom is -0.393 e. The summed E-state index contributed by atoms with van der Waals surface area (Å²) < 4.78 is 0. The summed E-state index contributed by atoms with van der Waals surface area (Å²) in [5.74, 6) is 0.440. The van der Waals surface area contributed by atoms with Crippen molar-refractivity contribution in [2.24, 2.45) is 5.92 Å². The molecule has 1 heteroatoms. The number of benzene rings is 2. The Morgan fingerprint density at radius 3 is 2.48 bits per heavy atom. The molecule has 0 heterocycles.